The monoisotopic (exact) mass is 458 g/mol. The molecule has 0 aliphatic heterocycles. The summed E-state index contributed by atoms with van der Waals surface area (Å²) in [7, 11) is 0. The summed E-state index contributed by atoms with van der Waals surface area (Å²) in [5, 5.41) is 12.7. The summed E-state index contributed by atoms with van der Waals surface area (Å²) in [6.07, 6.45) is 1.60. The lowest BCUT2D eigenvalue weighted by atomic mass is 10.0. The van der Waals surface area contributed by atoms with Crippen LogP contribution in [0.2, 0.25) is 0 Å². The summed E-state index contributed by atoms with van der Waals surface area (Å²) in [6, 6.07) is 16.9. The molecule has 2 aromatic heterocycles. The highest BCUT2D eigenvalue weighted by atomic mass is 16.7. The van der Waals surface area contributed by atoms with Gasteiger partial charge in [-0.3, -0.25) is 19.0 Å². The normalized spacial score (nSPS) is 11.2. The van der Waals surface area contributed by atoms with Gasteiger partial charge in [0.15, 0.2) is 5.78 Å². The molecule has 4 rings (SSSR count). The molecule has 0 fully saturated rings. The largest absolute Gasteiger partial charge is 0.476 e. The molecule has 2 aromatic carbocycles. The Morgan fingerprint density at radius 1 is 0.882 bits per heavy atom. The summed E-state index contributed by atoms with van der Waals surface area (Å²) >= 11 is 0. The zero-order chi connectivity index (χ0) is 24.2. The molecule has 0 unspecified atom stereocenters. The van der Waals surface area contributed by atoms with Crippen LogP contribution in [0.15, 0.2) is 93.5 Å². The Balaban J connectivity index is 1.65. The minimum atomic E-state index is -1.81. The lowest BCUT2D eigenvalue weighted by molar-refractivity contribution is -0.129. The first kappa shape index (κ1) is 22.1. The van der Waals surface area contributed by atoms with Gasteiger partial charge >= 0.3 is 17.7 Å². The van der Waals surface area contributed by atoms with E-state index in [4.69, 9.17) is 4.42 Å². The Morgan fingerprint density at radius 2 is 1.59 bits per heavy atom. The molecule has 0 aliphatic carbocycles. The molecule has 4 aromatic rings. The number of carboxylic acids is 1. The number of oxime groups is 1. The van der Waals surface area contributed by atoms with Crippen LogP contribution in [0.4, 0.5) is 4.79 Å². The fourth-order valence-corrected chi connectivity index (χ4v) is 3.06. The van der Waals surface area contributed by atoms with Gasteiger partial charge in [0.25, 0.3) is 0 Å². The third-order valence-electron chi connectivity index (χ3n) is 4.73. The molecule has 168 valence electrons. The van der Waals surface area contributed by atoms with Gasteiger partial charge in [-0.2, -0.15) is 0 Å². The fraction of sp³-hybridized carbons (Fsp3) is 0. The number of rotatable bonds is 6. The molecule has 2 heterocycles. The van der Waals surface area contributed by atoms with Crippen molar-refractivity contribution < 1.29 is 33.5 Å². The number of hydrogen-bond acceptors (Lipinski definition) is 8. The summed E-state index contributed by atoms with van der Waals surface area (Å²) in [4.78, 5) is 65.6. The smallest absolute Gasteiger partial charge is 0.444 e. The number of carboxylic acid groups (broad SMARTS) is 1. The van der Waals surface area contributed by atoms with Crippen LogP contribution in [0.1, 0.15) is 26.3 Å². The second-order valence-electron chi connectivity index (χ2n) is 6.92. The molecule has 0 atom stereocenters. The summed E-state index contributed by atoms with van der Waals surface area (Å²) in [5.41, 5.74) is -2.25. The van der Waals surface area contributed by atoms with Gasteiger partial charge in [0.2, 0.25) is 11.5 Å². The Bertz CT molecular complexity index is 1520. The molecule has 1 N–H and O–H groups in total. The Hall–Kier alpha value is -5.12. The number of benzene rings is 2. The van der Waals surface area contributed by atoms with Crippen LogP contribution in [0.3, 0.4) is 0 Å². The molecule has 0 saturated heterocycles. The second-order valence-corrected chi connectivity index (χ2v) is 6.92. The van der Waals surface area contributed by atoms with Crippen molar-refractivity contribution in [3.63, 3.8) is 0 Å². The van der Waals surface area contributed by atoms with E-state index in [1.807, 2.05) is 0 Å². The Kier molecular flexibility index (Phi) is 5.95. The number of aromatic nitrogens is 1. The van der Waals surface area contributed by atoms with Crippen molar-refractivity contribution in [3.8, 4) is 0 Å². The number of Topliss-reactive ketones (excluding diaryl/α,β-unsaturated/α-hetero) is 1. The van der Waals surface area contributed by atoms with Crippen molar-refractivity contribution >= 4 is 40.3 Å². The first-order chi connectivity index (χ1) is 16.3. The standard InChI is InChI=1S/C24H14N2O8/c27-20(14-6-2-1-3-7-14)16-9-8-15-12-17(23(31)33-18(15)13-16)21(28)19(22(29)30)25-34-24(32)26-10-4-5-11-26/h1-13H,(H,29,30)/b25-19+. The van der Waals surface area contributed by atoms with Gasteiger partial charge in [-0.25, -0.2) is 14.4 Å². The van der Waals surface area contributed by atoms with Gasteiger partial charge in [0, 0.05) is 28.9 Å². The van der Waals surface area contributed by atoms with Gasteiger partial charge in [-0.1, -0.05) is 47.6 Å². The topological polar surface area (TPSA) is 145 Å². The molecule has 10 heteroatoms. The maximum absolute atomic E-state index is 12.7. The maximum Gasteiger partial charge on any atom is 0.444 e. The van der Waals surface area contributed by atoms with E-state index in [0.29, 0.717) is 5.56 Å². The fourth-order valence-electron chi connectivity index (χ4n) is 3.06. The van der Waals surface area contributed by atoms with E-state index in [-0.39, 0.29) is 22.3 Å². The van der Waals surface area contributed by atoms with E-state index in [1.165, 1.54) is 42.7 Å². The predicted molar refractivity (Wildman–Crippen MR) is 118 cm³/mol. The first-order valence-corrected chi connectivity index (χ1v) is 9.73. The van der Waals surface area contributed by atoms with Crippen LogP contribution >= 0.6 is 0 Å². The van der Waals surface area contributed by atoms with Crippen molar-refractivity contribution in [2.45, 2.75) is 0 Å². The van der Waals surface area contributed by atoms with Crippen molar-refractivity contribution in [1.82, 2.24) is 4.57 Å². The minimum Gasteiger partial charge on any atom is -0.476 e. The van der Waals surface area contributed by atoms with E-state index in [2.05, 4.69) is 9.99 Å². The van der Waals surface area contributed by atoms with Crippen molar-refractivity contribution in [2.24, 2.45) is 5.16 Å². The van der Waals surface area contributed by atoms with Gasteiger partial charge in [-0.05, 0) is 24.3 Å². The molecule has 34 heavy (non-hydrogen) atoms. The van der Waals surface area contributed by atoms with Crippen molar-refractivity contribution in [2.75, 3.05) is 0 Å². The molecular weight excluding hydrogens is 444 g/mol. The number of carbonyl (C=O) groups is 4. The highest BCUT2D eigenvalue weighted by Gasteiger charge is 2.27. The number of aliphatic carboxylic acids is 1. The maximum atomic E-state index is 12.7. The van der Waals surface area contributed by atoms with Crippen molar-refractivity contribution in [1.29, 1.82) is 0 Å². The Labute approximate surface area is 190 Å². The lowest BCUT2D eigenvalue weighted by Gasteiger charge is -2.05. The molecule has 0 saturated carbocycles. The van der Waals surface area contributed by atoms with Gasteiger partial charge < -0.3 is 9.52 Å². The minimum absolute atomic E-state index is 0.0242. The number of carbonyl (C=O) groups excluding carboxylic acids is 3. The summed E-state index contributed by atoms with van der Waals surface area (Å²) in [5.74, 6) is -3.42. The molecular formula is C24H14N2O8. The van der Waals surface area contributed by atoms with Crippen LogP contribution < -0.4 is 5.63 Å². The SMILES string of the molecule is O=C(O)/C(=N/OC(=O)n1cccc1)C(=O)c1cc2ccc(C(=O)c3ccccc3)cc2oc1=O. The highest BCUT2D eigenvalue weighted by molar-refractivity contribution is 6.67. The molecule has 0 spiro atoms. The van der Waals surface area contributed by atoms with Gasteiger partial charge in [-0.15, -0.1) is 0 Å². The number of ketones is 2. The van der Waals surface area contributed by atoms with Crippen LogP contribution in [0.25, 0.3) is 11.0 Å². The summed E-state index contributed by atoms with van der Waals surface area (Å²) < 4.78 is 6.13. The van der Waals surface area contributed by atoms with Crippen LogP contribution in [0, 0.1) is 0 Å². The highest BCUT2D eigenvalue weighted by Crippen LogP contribution is 2.19. The van der Waals surface area contributed by atoms with E-state index < -0.39 is 34.7 Å². The third kappa shape index (κ3) is 4.41. The van der Waals surface area contributed by atoms with E-state index >= 15 is 0 Å². The quantitative estimate of drug-likeness (QED) is 0.116. The summed E-state index contributed by atoms with van der Waals surface area (Å²) in [6.45, 7) is 0. The van der Waals surface area contributed by atoms with Crippen LogP contribution in [-0.4, -0.2) is 39.0 Å². The number of nitrogens with zero attached hydrogens (tertiary/aromatic N) is 2. The zero-order valence-corrected chi connectivity index (χ0v) is 17.2. The molecule has 0 bridgehead atoms. The molecule has 0 radical (unpaired) electrons. The zero-order valence-electron chi connectivity index (χ0n) is 17.2. The van der Waals surface area contributed by atoms with E-state index in [9.17, 15) is 29.1 Å². The van der Waals surface area contributed by atoms with Gasteiger partial charge in [0.1, 0.15) is 11.1 Å². The lowest BCUT2D eigenvalue weighted by Crippen LogP contribution is -2.29. The molecule has 0 amide bonds. The van der Waals surface area contributed by atoms with E-state index in [0.717, 1.165) is 10.6 Å². The average molecular weight is 458 g/mol. The second kappa shape index (κ2) is 9.17. The van der Waals surface area contributed by atoms with Crippen LogP contribution in [0.5, 0.6) is 0 Å². The third-order valence-corrected chi connectivity index (χ3v) is 4.73. The van der Waals surface area contributed by atoms with Gasteiger partial charge in [0.05, 0.1) is 0 Å². The van der Waals surface area contributed by atoms with Crippen molar-refractivity contribution in [3.05, 3.63) is 106 Å². The van der Waals surface area contributed by atoms with Crippen LogP contribution in [-0.2, 0) is 9.63 Å². The first-order valence-electron chi connectivity index (χ1n) is 9.73. The molecule has 0 aliphatic rings. The Morgan fingerprint density at radius 3 is 2.26 bits per heavy atom. The number of fused-ring (bicyclic) bond motifs is 1. The molecule has 10 nitrogen and oxygen atoms in total. The predicted octanol–water partition coefficient (Wildman–Crippen LogP) is 3.13. The number of hydrogen-bond donors (Lipinski definition) is 1. The average Bonchev–Trinajstić information content (AvgIpc) is 3.38. The van der Waals surface area contributed by atoms with E-state index in [1.54, 1.807) is 30.3 Å².